The van der Waals surface area contributed by atoms with Gasteiger partial charge in [-0.15, -0.1) is 0 Å². The molecule has 0 fully saturated rings. The van der Waals surface area contributed by atoms with Crippen molar-refractivity contribution in [3.05, 3.63) is 34.4 Å². The number of hydrogen-bond donors (Lipinski definition) is 1. The molecule has 0 aromatic heterocycles. The fraction of sp³-hybridized carbons (Fsp3) is 0.556. The summed E-state index contributed by atoms with van der Waals surface area (Å²) in [5.74, 6) is 0. The van der Waals surface area contributed by atoms with Crippen LogP contribution in [0.15, 0.2) is 24.3 Å². The van der Waals surface area contributed by atoms with Crippen LogP contribution in [0.5, 0.6) is 0 Å². The average Bonchev–Trinajstić information content (AvgIpc) is 2.09. The molecule has 1 aliphatic rings. The molecular weight excluding hydrogens is 168 g/mol. The topological polar surface area (TPSA) is 55.2 Å². The molecule has 0 amide bonds. The van der Waals surface area contributed by atoms with E-state index in [1.165, 1.54) is 0 Å². The van der Waals surface area contributed by atoms with E-state index in [2.05, 4.69) is 5.32 Å². The number of hydrogen-bond acceptors (Lipinski definition) is 3. The van der Waals surface area contributed by atoms with Gasteiger partial charge in [0.1, 0.15) is 6.04 Å². The summed E-state index contributed by atoms with van der Waals surface area (Å²) >= 11 is 0. The normalized spacial score (nSPS) is 32.0. The highest BCUT2D eigenvalue weighted by molar-refractivity contribution is 5.23. The van der Waals surface area contributed by atoms with Gasteiger partial charge in [-0.25, -0.2) is 0 Å². The highest BCUT2D eigenvalue weighted by atomic mass is 16.6. The van der Waals surface area contributed by atoms with Gasteiger partial charge in [0.2, 0.25) is 0 Å². The van der Waals surface area contributed by atoms with E-state index in [4.69, 9.17) is 0 Å². The number of nitrogens with zero attached hydrogens (tertiary/aromatic N) is 1. The lowest BCUT2D eigenvalue weighted by atomic mass is 9.89. The van der Waals surface area contributed by atoms with Gasteiger partial charge < -0.3 is 5.32 Å². The van der Waals surface area contributed by atoms with Crippen molar-refractivity contribution in [3.63, 3.8) is 0 Å². The summed E-state index contributed by atoms with van der Waals surface area (Å²) in [6, 6.07) is -0.211. The third-order valence-corrected chi connectivity index (χ3v) is 2.30. The van der Waals surface area contributed by atoms with E-state index in [0.717, 1.165) is 6.54 Å². The van der Waals surface area contributed by atoms with Gasteiger partial charge in [-0.1, -0.05) is 25.2 Å². The van der Waals surface area contributed by atoms with Crippen molar-refractivity contribution >= 4 is 0 Å². The molecule has 0 aliphatic heterocycles. The van der Waals surface area contributed by atoms with E-state index in [1.54, 1.807) is 19.1 Å². The summed E-state index contributed by atoms with van der Waals surface area (Å²) in [7, 11) is 0. The lowest BCUT2D eigenvalue weighted by Gasteiger charge is -2.27. The van der Waals surface area contributed by atoms with Gasteiger partial charge in [0.05, 0.1) is 0 Å². The molecular formula is C9H14N2O2. The number of rotatable bonds is 3. The zero-order chi connectivity index (χ0) is 9.90. The molecule has 4 heteroatoms. The monoisotopic (exact) mass is 182 g/mol. The summed E-state index contributed by atoms with van der Waals surface area (Å²) in [5, 5.41) is 13.9. The van der Waals surface area contributed by atoms with Crippen molar-refractivity contribution in [3.8, 4) is 0 Å². The predicted octanol–water partition coefficient (Wildman–Crippen LogP) is 1.13. The maximum Gasteiger partial charge on any atom is 0.256 e. The van der Waals surface area contributed by atoms with Crippen LogP contribution >= 0.6 is 0 Å². The number of likely N-dealkylation sites (N-methyl/N-ethyl adjacent to an activating group) is 1. The Morgan fingerprint density at radius 2 is 2.31 bits per heavy atom. The van der Waals surface area contributed by atoms with Crippen LogP contribution in [0.4, 0.5) is 0 Å². The predicted molar refractivity (Wildman–Crippen MR) is 51.1 cm³/mol. The summed E-state index contributed by atoms with van der Waals surface area (Å²) in [6.45, 7) is 4.29. The lowest BCUT2D eigenvalue weighted by molar-refractivity contribution is -0.553. The largest absolute Gasteiger partial charge is 0.304 e. The van der Waals surface area contributed by atoms with Gasteiger partial charge in [-0.3, -0.25) is 10.1 Å². The zero-order valence-electron chi connectivity index (χ0n) is 7.86. The molecule has 0 saturated carbocycles. The number of nitrogens with one attached hydrogen (secondary N) is 1. The quantitative estimate of drug-likeness (QED) is 0.525. The Morgan fingerprint density at radius 1 is 1.62 bits per heavy atom. The molecule has 0 aromatic rings. The van der Waals surface area contributed by atoms with E-state index in [1.807, 2.05) is 19.1 Å². The molecule has 0 radical (unpaired) electrons. The average molecular weight is 182 g/mol. The fourth-order valence-corrected chi connectivity index (χ4v) is 1.39. The van der Waals surface area contributed by atoms with Gasteiger partial charge in [0.15, 0.2) is 0 Å². The van der Waals surface area contributed by atoms with Gasteiger partial charge in [-0.2, -0.15) is 0 Å². The minimum absolute atomic E-state index is 0.211. The SMILES string of the molecule is CCNC1C=CC=CC1(C)[N+](=O)[O-]. The van der Waals surface area contributed by atoms with Crippen LogP contribution in [0.25, 0.3) is 0 Å². The Morgan fingerprint density at radius 3 is 2.85 bits per heavy atom. The van der Waals surface area contributed by atoms with Crippen LogP contribution in [0.3, 0.4) is 0 Å². The van der Waals surface area contributed by atoms with Crippen molar-refractivity contribution in [2.24, 2.45) is 0 Å². The fourth-order valence-electron chi connectivity index (χ4n) is 1.39. The first-order valence-corrected chi connectivity index (χ1v) is 4.35. The molecule has 0 spiro atoms. The van der Waals surface area contributed by atoms with E-state index in [0.29, 0.717) is 0 Å². The zero-order valence-corrected chi connectivity index (χ0v) is 7.86. The van der Waals surface area contributed by atoms with E-state index >= 15 is 0 Å². The Balaban J connectivity index is 2.86. The van der Waals surface area contributed by atoms with Crippen LogP contribution in [-0.2, 0) is 0 Å². The summed E-state index contributed by atoms with van der Waals surface area (Å²) < 4.78 is 0. The molecule has 1 aliphatic carbocycles. The van der Waals surface area contributed by atoms with Crippen molar-refractivity contribution < 1.29 is 4.92 Å². The van der Waals surface area contributed by atoms with Crippen LogP contribution in [-0.4, -0.2) is 23.0 Å². The first kappa shape index (κ1) is 9.92. The van der Waals surface area contributed by atoms with E-state index in [9.17, 15) is 10.1 Å². The van der Waals surface area contributed by atoms with Crippen LogP contribution in [0.2, 0.25) is 0 Å². The Kier molecular flexibility index (Phi) is 2.83. The molecule has 13 heavy (non-hydrogen) atoms. The van der Waals surface area contributed by atoms with Crippen molar-refractivity contribution in [2.75, 3.05) is 6.54 Å². The number of allylic oxidation sites excluding steroid dienone is 2. The van der Waals surface area contributed by atoms with Gasteiger partial charge in [0, 0.05) is 11.8 Å². The third kappa shape index (κ3) is 1.78. The van der Waals surface area contributed by atoms with Crippen molar-refractivity contribution in [2.45, 2.75) is 25.4 Å². The summed E-state index contributed by atoms with van der Waals surface area (Å²) in [6.07, 6.45) is 7.00. The van der Waals surface area contributed by atoms with E-state index in [-0.39, 0.29) is 11.0 Å². The highest BCUT2D eigenvalue weighted by Crippen LogP contribution is 2.21. The molecule has 0 bridgehead atoms. The third-order valence-electron chi connectivity index (χ3n) is 2.30. The van der Waals surface area contributed by atoms with E-state index < -0.39 is 5.54 Å². The second-order valence-electron chi connectivity index (χ2n) is 3.26. The van der Waals surface area contributed by atoms with Crippen LogP contribution in [0.1, 0.15) is 13.8 Å². The minimum atomic E-state index is -1.01. The Hall–Kier alpha value is -1.16. The molecule has 0 heterocycles. The van der Waals surface area contributed by atoms with Crippen molar-refractivity contribution in [1.29, 1.82) is 0 Å². The van der Waals surface area contributed by atoms with Gasteiger partial charge in [0.25, 0.3) is 5.54 Å². The molecule has 2 atom stereocenters. The van der Waals surface area contributed by atoms with Crippen molar-refractivity contribution in [1.82, 2.24) is 5.32 Å². The maximum atomic E-state index is 10.8. The second-order valence-corrected chi connectivity index (χ2v) is 3.26. The Bertz CT molecular complexity index is 260. The standard InChI is InChI=1S/C9H14N2O2/c1-3-10-8-6-4-5-7-9(8,2)11(12)13/h4-8,10H,3H2,1-2H3. The molecule has 2 unspecified atom stereocenters. The first-order valence-electron chi connectivity index (χ1n) is 4.35. The molecule has 1 N–H and O–H groups in total. The Labute approximate surface area is 77.5 Å². The minimum Gasteiger partial charge on any atom is -0.304 e. The molecule has 0 aromatic carbocycles. The van der Waals surface area contributed by atoms with Crippen LogP contribution in [0, 0.1) is 10.1 Å². The smallest absolute Gasteiger partial charge is 0.256 e. The van der Waals surface area contributed by atoms with Gasteiger partial charge in [-0.05, 0) is 12.6 Å². The number of nitro groups is 1. The molecule has 72 valence electrons. The second kappa shape index (κ2) is 3.70. The molecule has 0 saturated heterocycles. The molecule has 4 nitrogen and oxygen atoms in total. The van der Waals surface area contributed by atoms with Gasteiger partial charge >= 0.3 is 0 Å². The maximum absolute atomic E-state index is 10.8. The highest BCUT2D eigenvalue weighted by Gasteiger charge is 2.42. The molecule has 1 rings (SSSR count). The lowest BCUT2D eigenvalue weighted by Crippen LogP contribution is -2.52. The first-order chi connectivity index (χ1) is 6.11. The van der Waals surface area contributed by atoms with Crippen LogP contribution < -0.4 is 5.32 Å². The summed E-state index contributed by atoms with van der Waals surface area (Å²) in [4.78, 5) is 10.6. The summed E-state index contributed by atoms with van der Waals surface area (Å²) in [5.41, 5.74) is -1.01.